The number of halogens is 1. The number of aliphatic imine (C=N–C) groups is 1. The van der Waals surface area contributed by atoms with E-state index in [0.29, 0.717) is 6.54 Å². The highest BCUT2D eigenvalue weighted by Crippen LogP contribution is 2.49. The zero-order valence-corrected chi connectivity index (χ0v) is 14.8. The molecule has 0 spiro atoms. The van der Waals surface area contributed by atoms with E-state index in [1.165, 1.54) is 22.9 Å². The maximum atomic E-state index is 4.84. The van der Waals surface area contributed by atoms with E-state index in [-0.39, 0.29) is 5.41 Å². The van der Waals surface area contributed by atoms with Crippen molar-refractivity contribution in [2.45, 2.75) is 31.7 Å². The fourth-order valence-corrected chi connectivity index (χ4v) is 3.36. The first-order chi connectivity index (χ1) is 11.2. The van der Waals surface area contributed by atoms with Crippen LogP contribution in [-0.4, -0.2) is 24.2 Å². The molecule has 1 aromatic carbocycles. The van der Waals surface area contributed by atoms with Gasteiger partial charge in [-0.25, -0.2) is 4.99 Å². The summed E-state index contributed by atoms with van der Waals surface area (Å²) < 4.78 is 6.02. The SMILES string of the molecule is CCNC(=NCc1ccon1)NCC1(c2ccccc2Br)CC1. The fourth-order valence-electron chi connectivity index (χ4n) is 2.66. The van der Waals surface area contributed by atoms with Crippen molar-refractivity contribution >= 4 is 21.9 Å². The van der Waals surface area contributed by atoms with Gasteiger partial charge in [-0.15, -0.1) is 0 Å². The number of aromatic nitrogens is 1. The molecule has 0 radical (unpaired) electrons. The van der Waals surface area contributed by atoms with Crippen LogP contribution in [0.25, 0.3) is 0 Å². The second-order valence-corrected chi connectivity index (χ2v) is 6.65. The molecule has 0 aliphatic heterocycles. The van der Waals surface area contributed by atoms with Crippen LogP contribution >= 0.6 is 15.9 Å². The van der Waals surface area contributed by atoms with Crippen LogP contribution in [0.5, 0.6) is 0 Å². The second-order valence-electron chi connectivity index (χ2n) is 5.80. The number of hydrogen-bond donors (Lipinski definition) is 2. The maximum Gasteiger partial charge on any atom is 0.191 e. The highest BCUT2D eigenvalue weighted by atomic mass is 79.9. The van der Waals surface area contributed by atoms with Gasteiger partial charge in [0.05, 0.1) is 6.54 Å². The van der Waals surface area contributed by atoms with Crippen LogP contribution in [0.1, 0.15) is 31.0 Å². The summed E-state index contributed by atoms with van der Waals surface area (Å²) in [4.78, 5) is 4.56. The molecule has 0 saturated heterocycles. The van der Waals surface area contributed by atoms with Crippen molar-refractivity contribution in [3.05, 3.63) is 52.3 Å². The maximum absolute atomic E-state index is 4.84. The number of nitrogens with zero attached hydrogens (tertiary/aromatic N) is 2. The molecule has 1 heterocycles. The fraction of sp³-hybridized carbons (Fsp3) is 0.412. The Balaban J connectivity index is 1.65. The van der Waals surface area contributed by atoms with Gasteiger partial charge in [0.2, 0.25) is 0 Å². The lowest BCUT2D eigenvalue weighted by atomic mass is 9.96. The van der Waals surface area contributed by atoms with Crippen LogP contribution in [0.2, 0.25) is 0 Å². The van der Waals surface area contributed by atoms with Crippen molar-refractivity contribution in [3.8, 4) is 0 Å². The Kier molecular flexibility index (Phi) is 5.00. The van der Waals surface area contributed by atoms with Crippen molar-refractivity contribution in [2.75, 3.05) is 13.1 Å². The molecule has 1 aliphatic rings. The molecule has 23 heavy (non-hydrogen) atoms. The summed E-state index contributed by atoms with van der Waals surface area (Å²) in [6.45, 7) is 4.27. The molecule has 3 rings (SSSR count). The summed E-state index contributed by atoms with van der Waals surface area (Å²) in [6, 6.07) is 10.3. The van der Waals surface area contributed by atoms with Crippen LogP contribution in [0.3, 0.4) is 0 Å². The van der Waals surface area contributed by atoms with Gasteiger partial charge in [-0.05, 0) is 31.4 Å². The van der Waals surface area contributed by atoms with Crippen LogP contribution in [0.4, 0.5) is 0 Å². The van der Waals surface area contributed by atoms with Gasteiger partial charge in [-0.1, -0.05) is 39.3 Å². The van der Waals surface area contributed by atoms with Crippen LogP contribution < -0.4 is 10.6 Å². The number of nitrogens with one attached hydrogen (secondary N) is 2. The Labute approximate surface area is 144 Å². The Morgan fingerprint density at radius 2 is 2.13 bits per heavy atom. The zero-order valence-electron chi connectivity index (χ0n) is 13.2. The summed E-state index contributed by atoms with van der Waals surface area (Å²) in [5.41, 5.74) is 2.42. The second kappa shape index (κ2) is 7.17. The molecule has 2 aromatic rings. The van der Waals surface area contributed by atoms with E-state index in [1.54, 1.807) is 6.26 Å². The molecule has 5 nitrogen and oxygen atoms in total. The van der Waals surface area contributed by atoms with Gasteiger partial charge < -0.3 is 15.2 Å². The van der Waals surface area contributed by atoms with E-state index in [2.05, 4.69) is 67.9 Å². The van der Waals surface area contributed by atoms with Gasteiger partial charge >= 0.3 is 0 Å². The normalized spacial score (nSPS) is 16.2. The van der Waals surface area contributed by atoms with E-state index in [9.17, 15) is 0 Å². The molecule has 0 amide bonds. The third-order valence-electron chi connectivity index (χ3n) is 4.13. The van der Waals surface area contributed by atoms with Crippen molar-refractivity contribution in [1.82, 2.24) is 15.8 Å². The van der Waals surface area contributed by atoms with Gasteiger partial charge in [0, 0.05) is 29.0 Å². The Morgan fingerprint density at radius 1 is 1.30 bits per heavy atom. The van der Waals surface area contributed by atoms with Crippen molar-refractivity contribution in [2.24, 2.45) is 4.99 Å². The molecule has 0 unspecified atom stereocenters. The van der Waals surface area contributed by atoms with Crippen molar-refractivity contribution in [1.29, 1.82) is 0 Å². The minimum atomic E-state index is 0.212. The highest BCUT2D eigenvalue weighted by molar-refractivity contribution is 9.10. The molecule has 1 aliphatic carbocycles. The third kappa shape index (κ3) is 3.93. The number of rotatable bonds is 6. The monoisotopic (exact) mass is 376 g/mol. The minimum Gasteiger partial charge on any atom is -0.364 e. The Morgan fingerprint density at radius 3 is 2.78 bits per heavy atom. The van der Waals surface area contributed by atoms with Gasteiger partial charge in [0.15, 0.2) is 5.96 Å². The largest absolute Gasteiger partial charge is 0.364 e. The van der Waals surface area contributed by atoms with Crippen molar-refractivity contribution < 1.29 is 4.52 Å². The Hall–Kier alpha value is -1.82. The quantitative estimate of drug-likeness (QED) is 0.600. The molecular weight excluding hydrogens is 356 g/mol. The summed E-state index contributed by atoms with van der Waals surface area (Å²) in [6.07, 6.45) is 3.97. The minimum absolute atomic E-state index is 0.212. The lowest BCUT2D eigenvalue weighted by molar-refractivity contribution is 0.412. The van der Waals surface area contributed by atoms with Crippen LogP contribution in [0, 0.1) is 0 Å². The van der Waals surface area contributed by atoms with E-state index in [1.807, 2.05) is 6.07 Å². The average molecular weight is 377 g/mol. The van der Waals surface area contributed by atoms with Gasteiger partial charge in [0.1, 0.15) is 12.0 Å². The van der Waals surface area contributed by atoms with Crippen LogP contribution in [-0.2, 0) is 12.0 Å². The zero-order chi connectivity index (χ0) is 16.1. The molecule has 1 saturated carbocycles. The molecule has 0 atom stereocenters. The molecule has 122 valence electrons. The van der Waals surface area contributed by atoms with E-state index in [4.69, 9.17) is 4.52 Å². The predicted octanol–water partition coefficient (Wildman–Crippen LogP) is 3.22. The van der Waals surface area contributed by atoms with Crippen molar-refractivity contribution in [3.63, 3.8) is 0 Å². The summed E-state index contributed by atoms with van der Waals surface area (Å²) >= 11 is 3.67. The number of guanidine groups is 1. The molecule has 6 heteroatoms. The van der Waals surface area contributed by atoms with Gasteiger partial charge in [-0.3, -0.25) is 0 Å². The van der Waals surface area contributed by atoms with E-state index < -0.39 is 0 Å². The predicted molar refractivity (Wildman–Crippen MR) is 94.4 cm³/mol. The molecule has 1 fully saturated rings. The third-order valence-corrected chi connectivity index (χ3v) is 4.82. The standard InChI is InChI=1S/C17H21BrN4O/c1-2-19-16(20-11-13-7-10-23-22-13)21-12-17(8-9-17)14-5-3-4-6-15(14)18/h3-7,10H,2,8-9,11-12H2,1H3,(H2,19,20,21). The van der Waals surface area contributed by atoms with Gasteiger partial charge in [-0.2, -0.15) is 0 Å². The van der Waals surface area contributed by atoms with E-state index in [0.717, 1.165) is 24.7 Å². The first kappa shape index (κ1) is 16.1. The topological polar surface area (TPSA) is 62.5 Å². The molecule has 2 N–H and O–H groups in total. The lowest BCUT2D eigenvalue weighted by Crippen LogP contribution is -2.41. The molecule has 1 aromatic heterocycles. The molecule has 0 bridgehead atoms. The number of benzene rings is 1. The lowest BCUT2D eigenvalue weighted by Gasteiger charge is -2.20. The smallest absolute Gasteiger partial charge is 0.191 e. The first-order valence-corrected chi connectivity index (χ1v) is 8.69. The van der Waals surface area contributed by atoms with E-state index >= 15 is 0 Å². The Bertz CT molecular complexity index is 665. The number of hydrogen-bond acceptors (Lipinski definition) is 3. The summed E-state index contributed by atoms with van der Waals surface area (Å²) in [5, 5.41) is 10.6. The summed E-state index contributed by atoms with van der Waals surface area (Å²) in [7, 11) is 0. The average Bonchev–Trinajstić information content (AvgIpc) is 3.16. The summed E-state index contributed by atoms with van der Waals surface area (Å²) in [5.74, 6) is 0.814. The highest BCUT2D eigenvalue weighted by Gasteiger charge is 2.45. The molecular formula is C17H21BrN4O. The van der Waals surface area contributed by atoms with Gasteiger partial charge in [0.25, 0.3) is 0 Å². The first-order valence-electron chi connectivity index (χ1n) is 7.90. The van der Waals surface area contributed by atoms with Crippen LogP contribution in [0.15, 0.2) is 50.6 Å².